The molecular weight excluding hydrogens is 684 g/mol. The molecule has 2 aliphatic heterocycles. The molecule has 0 aromatic carbocycles. The zero-order chi connectivity index (χ0) is 39.5. The number of ether oxygens (including phenoxy) is 7. The van der Waals surface area contributed by atoms with Crippen molar-refractivity contribution in [3.63, 3.8) is 0 Å². The van der Waals surface area contributed by atoms with Gasteiger partial charge < -0.3 is 33.2 Å². The summed E-state index contributed by atoms with van der Waals surface area (Å²) in [6.45, 7) is 20.5. The van der Waals surface area contributed by atoms with E-state index in [1.54, 1.807) is 21.3 Å². The number of esters is 2. The molecule has 0 spiro atoms. The predicted octanol–water partition coefficient (Wildman–Crippen LogP) is 8.22. The summed E-state index contributed by atoms with van der Waals surface area (Å²) in [5.74, 6) is 1.40. The number of carbonyl (C=O) groups excluding carboxylic acids is 2. The van der Waals surface area contributed by atoms with Gasteiger partial charge in [0.05, 0.1) is 31.0 Å². The molecule has 0 amide bonds. The van der Waals surface area contributed by atoms with Crippen LogP contribution in [-0.4, -0.2) is 92.2 Å². The Morgan fingerprint density at radius 1 is 0.741 bits per heavy atom. The number of hydrogen-bond donors (Lipinski definition) is 0. The largest absolute Gasteiger partial charge is 0.459 e. The van der Waals surface area contributed by atoms with Crippen molar-refractivity contribution in [1.82, 2.24) is 0 Å². The highest BCUT2D eigenvalue weighted by atomic mass is 16.6. The number of carbonyl (C=O) groups is 2. The van der Waals surface area contributed by atoms with Crippen LogP contribution in [0.25, 0.3) is 0 Å². The number of fused-ring (bicyclic) bond motifs is 2. The third-order valence-corrected chi connectivity index (χ3v) is 15.4. The summed E-state index contributed by atoms with van der Waals surface area (Å²) in [6, 6.07) is 0. The van der Waals surface area contributed by atoms with Crippen molar-refractivity contribution in [2.45, 2.75) is 117 Å². The SMILES string of the molecule is C=C1CCC2C(C)(CCC(OC)[C@@]2(C)COC)C1C/C=C1/C(=O)OCC1OC.C=C1CCC2C(C)(CCC(OC)[C@@]2(C)COC)C1CCC1=CCOC1=O. The van der Waals surface area contributed by atoms with Gasteiger partial charge in [0.2, 0.25) is 0 Å². The van der Waals surface area contributed by atoms with Crippen LogP contribution in [0.3, 0.4) is 0 Å². The fraction of sp³-hybridized carbons (Fsp3) is 0.778. The Labute approximate surface area is 325 Å². The first-order valence-electron chi connectivity index (χ1n) is 20.3. The van der Waals surface area contributed by atoms with Crippen LogP contribution in [0.5, 0.6) is 0 Å². The van der Waals surface area contributed by atoms with Crippen LogP contribution in [0.15, 0.2) is 47.6 Å². The molecule has 11 atom stereocenters. The van der Waals surface area contributed by atoms with Crippen molar-refractivity contribution in [2.24, 2.45) is 45.3 Å². The molecule has 6 rings (SSSR count). The van der Waals surface area contributed by atoms with E-state index in [2.05, 4.69) is 40.9 Å². The molecule has 54 heavy (non-hydrogen) atoms. The first-order valence-corrected chi connectivity index (χ1v) is 20.3. The zero-order valence-electron chi connectivity index (χ0n) is 34.9. The molecule has 9 heteroatoms. The van der Waals surface area contributed by atoms with Crippen molar-refractivity contribution >= 4 is 11.9 Å². The molecule has 4 aliphatic carbocycles. The van der Waals surface area contributed by atoms with Crippen LogP contribution in [0.4, 0.5) is 0 Å². The summed E-state index contributed by atoms with van der Waals surface area (Å²) < 4.78 is 38.8. The second-order valence-electron chi connectivity index (χ2n) is 18.1. The lowest BCUT2D eigenvalue weighted by atomic mass is 9.46. The van der Waals surface area contributed by atoms with Crippen LogP contribution in [0.2, 0.25) is 0 Å². The third-order valence-electron chi connectivity index (χ3n) is 15.4. The van der Waals surface area contributed by atoms with Gasteiger partial charge in [0.25, 0.3) is 0 Å². The average molecular weight is 755 g/mol. The van der Waals surface area contributed by atoms with Gasteiger partial charge >= 0.3 is 11.9 Å². The van der Waals surface area contributed by atoms with Gasteiger partial charge in [-0.25, -0.2) is 9.59 Å². The van der Waals surface area contributed by atoms with E-state index in [0.29, 0.717) is 49.1 Å². The van der Waals surface area contributed by atoms with E-state index >= 15 is 0 Å². The molecule has 9 nitrogen and oxygen atoms in total. The van der Waals surface area contributed by atoms with Crippen molar-refractivity contribution in [3.8, 4) is 0 Å². The Hall–Kier alpha value is -2.30. The van der Waals surface area contributed by atoms with E-state index in [1.807, 2.05) is 26.4 Å². The van der Waals surface area contributed by atoms with Gasteiger partial charge in [0.15, 0.2) is 0 Å². The van der Waals surface area contributed by atoms with E-state index in [-0.39, 0.29) is 51.9 Å². The highest BCUT2D eigenvalue weighted by Crippen LogP contribution is 2.64. The lowest BCUT2D eigenvalue weighted by Gasteiger charge is -2.60. The maximum Gasteiger partial charge on any atom is 0.336 e. The molecule has 0 aromatic heterocycles. The van der Waals surface area contributed by atoms with Crippen LogP contribution < -0.4 is 0 Å². The minimum Gasteiger partial charge on any atom is -0.459 e. The fourth-order valence-electron chi connectivity index (χ4n) is 12.7. The van der Waals surface area contributed by atoms with Gasteiger partial charge in [-0.05, 0) is 111 Å². The molecule has 9 unspecified atom stereocenters. The number of hydrogen-bond acceptors (Lipinski definition) is 9. The molecule has 6 aliphatic rings. The topological polar surface area (TPSA) is 98.8 Å². The second-order valence-corrected chi connectivity index (χ2v) is 18.1. The molecule has 0 radical (unpaired) electrons. The molecule has 2 heterocycles. The Bertz CT molecular complexity index is 1450. The number of cyclic esters (lactones) is 2. The van der Waals surface area contributed by atoms with Crippen LogP contribution in [0, 0.1) is 45.3 Å². The van der Waals surface area contributed by atoms with Gasteiger partial charge in [0, 0.05) is 52.0 Å². The van der Waals surface area contributed by atoms with Crippen molar-refractivity contribution in [3.05, 3.63) is 47.6 Å². The third kappa shape index (κ3) is 7.83. The van der Waals surface area contributed by atoms with Gasteiger partial charge in [-0.15, -0.1) is 0 Å². The zero-order valence-corrected chi connectivity index (χ0v) is 34.9. The second kappa shape index (κ2) is 17.5. The summed E-state index contributed by atoms with van der Waals surface area (Å²) in [5, 5.41) is 0. The van der Waals surface area contributed by atoms with Gasteiger partial charge in [-0.3, -0.25) is 0 Å². The number of rotatable bonds is 12. The fourth-order valence-corrected chi connectivity index (χ4v) is 12.7. The first kappa shape index (κ1) is 42.8. The summed E-state index contributed by atoms with van der Waals surface area (Å²) in [4.78, 5) is 23.9. The molecule has 4 saturated carbocycles. The number of methoxy groups -OCH3 is 5. The monoisotopic (exact) mass is 755 g/mol. The molecule has 1 saturated heterocycles. The lowest BCUT2D eigenvalue weighted by Crippen LogP contribution is -2.58. The van der Waals surface area contributed by atoms with Gasteiger partial charge in [-0.2, -0.15) is 0 Å². The van der Waals surface area contributed by atoms with Gasteiger partial charge in [0.1, 0.15) is 19.3 Å². The predicted molar refractivity (Wildman–Crippen MR) is 210 cm³/mol. The standard InChI is InChI=1S/C23H36O5.C22H34O4/c1-15-7-10-19-22(2,12-11-20(27-6)23(19,3)14-25-4)17(15)9-8-16-18(26-5)13-28-21(16)24;1-15-6-9-18-21(2,12-10-19(25-5)22(18,3)14-24-4)17(15)8-7-16-11-13-26-20(16)23/h8,17-20H,1,7,9-14H2,2-6H3;11,17-19H,1,6-10,12-14H2,2-5H3/b16-8+;/t17?,18?,19?,20?,22?,23-;17?,18?,19?,21?,22-/m00/s1. The molecule has 0 bridgehead atoms. The Balaban J connectivity index is 0.000000208. The van der Waals surface area contributed by atoms with E-state index in [4.69, 9.17) is 33.2 Å². The Morgan fingerprint density at radius 3 is 1.76 bits per heavy atom. The van der Waals surface area contributed by atoms with E-state index in [1.165, 1.54) is 11.1 Å². The molecular formula is C45H70O9. The highest BCUT2D eigenvalue weighted by Gasteiger charge is 2.59. The van der Waals surface area contributed by atoms with Crippen molar-refractivity contribution < 1.29 is 42.7 Å². The molecule has 0 aromatic rings. The Kier molecular flexibility index (Phi) is 13.8. The quantitative estimate of drug-likeness (QED) is 0.111. The maximum absolute atomic E-state index is 12.1. The van der Waals surface area contributed by atoms with Crippen LogP contribution >= 0.6 is 0 Å². The normalized spacial score (nSPS) is 41.4. The highest BCUT2D eigenvalue weighted by molar-refractivity contribution is 5.91. The summed E-state index contributed by atoms with van der Waals surface area (Å²) in [7, 11) is 8.85. The maximum atomic E-state index is 12.1. The lowest BCUT2D eigenvalue weighted by molar-refractivity contribution is -0.167. The molecule has 304 valence electrons. The molecule has 5 fully saturated rings. The summed E-state index contributed by atoms with van der Waals surface area (Å²) >= 11 is 0. The number of allylic oxidation sites excluding steroid dienone is 3. The Morgan fingerprint density at radius 2 is 1.28 bits per heavy atom. The van der Waals surface area contributed by atoms with Crippen molar-refractivity contribution in [2.75, 3.05) is 62.0 Å². The summed E-state index contributed by atoms with van der Waals surface area (Å²) in [5.41, 5.74) is 4.43. The smallest absolute Gasteiger partial charge is 0.336 e. The average Bonchev–Trinajstić information content (AvgIpc) is 3.71. The van der Waals surface area contributed by atoms with E-state index in [0.717, 1.165) is 82.8 Å². The van der Waals surface area contributed by atoms with Gasteiger partial charge in [-0.1, -0.05) is 58.1 Å². The minimum absolute atomic E-state index is 0.0149. The summed E-state index contributed by atoms with van der Waals surface area (Å²) in [6.07, 6.45) is 15.4. The van der Waals surface area contributed by atoms with Crippen molar-refractivity contribution in [1.29, 1.82) is 0 Å². The van der Waals surface area contributed by atoms with E-state index in [9.17, 15) is 9.59 Å². The van der Waals surface area contributed by atoms with E-state index < -0.39 is 0 Å². The minimum atomic E-state index is -0.254. The van der Waals surface area contributed by atoms with Crippen LogP contribution in [-0.2, 0) is 42.7 Å². The first-order chi connectivity index (χ1) is 25.7. The van der Waals surface area contributed by atoms with Crippen LogP contribution in [0.1, 0.15) is 98.3 Å². The molecule has 0 N–H and O–H groups in total.